The van der Waals surface area contributed by atoms with Crippen molar-refractivity contribution in [3.8, 4) is 11.4 Å². The smallest absolute Gasteiger partial charge is 0.232 e. The van der Waals surface area contributed by atoms with E-state index in [9.17, 15) is 8.42 Å². The molecule has 2 aromatic heterocycles. The van der Waals surface area contributed by atoms with Gasteiger partial charge in [0.15, 0.2) is 11.5 Å². The van der Waals surface area contributed by atoms with E-state index in [0.29, 0.717) is 17.9 Å². The highest BCUT2D eigenvalue weighted by molar-refractivity contribution is 7.92. The van der Waals surface area contributed by atoms with Crippen LogP contribution in [0.5, 0.6) is 0 Å². The number of nitrogens with one attached hydrogen (secondary N) is 2. The van der Waals surface area contributed by atoms with Crippen molar-refractivity contribution in [2.45, 2.75) is 97.3 Å². The number of aromatic nitrogens is 4. The van der Waals surface area contributed by atoms with Gasteiger partial charge in [0.25, 0.3) is 0 Å². The molecule has 3 aromatic rings. The lowest BCUT2D eigenvalue weighted by Crippen LogP contribution is -2.16. The van der Waals surface area contributed by atoms with Gasteiger partial charge in [0.05, 0.1) is 5.75 Å². The van der Waals surface area contributed by atoms with Gasteiger partial charge in [-0.2, -0.15) is 0 Å². The van der Waals surface area contributed by atoms with Crippen molar-refractivity contribution in [2.75, 3.05) is 10.5 Å². The fourth-order valence-electron chi connectivity index (χ4n) is 4.08. The molecule has 7 nitrogen and oxygen atoms in total. The number of aromatic amines is 1. The maximum atomic E-state index is 12.6. The summed E-state index contributed by atoms with van der Waals surface area (Å²) in [5.41, 5.74) is 3.11. The lowest BCUT2D eigenvalue weighted by molar-refractivity contribution is 0.558. The van der Waals surface area contributed by atoms with Crippen molar-refractivity contribution >= 4 is 21.4 Å². The second-order valence-corrected chi connectivity index (χ2v) is 12.2. The molecule has 0 saturated carbocycles. The highest BCUT2D eigenvalue weighted by Gasteiger charge is 2.20. The molecule has 3 rings (SSSR count). The first kappa shape index (κ1) is 26.3. The molecule has 0 radical (unpaired) electrons. The predicted octanol–water partition coefficient (Wildman–Crippen LogP) is 6.68. The first-order valence-corrected chi connectivity index (χ1v) is 14.4. The SMILES string of the molecule is CCCCCCCCCCCCS(=O)(=O)Nc1cccc(-c2nnc3cc(C(C)(C)C)[nH]n23)c1. The van der Waals surface area contributed by atoms with Gasteiger partial charge in [-0.25, -0.2) is 12.9 Å². The Morgan fingerprint density at radius 1 is 0.912 bits per heavy atom. The molecule has 1 aromatic carbocycles. The van der Waals surface area contributed by atoms with Crippen LogP contribution in [0.25, 0.3) is 17.0 Å². The second kappa shape index (κ2) is 11.9. The molecule has 0 unspecified atom stereocenters. The van der Waals surface area contributed by atoms with Crippen LogP contribution in [0.1, 0.15) is 97.6 Å². The molecule has 34 heavy (non-hydrogen) atoms. The monoisotopic (exact) mass is 487 g/mol. The Kier molecular flexibility index (Phi) is 9.17. The highest BCUT2D eigenvalue weighted by Crippen LogP contribution is 2.26. The van der Waals surface area contributed by atoms with Gasteiger partial charge in [-0.05, 0) is 18.6 Å². The average molecular weight is 488 g/mol. The van der Waals surface area contributed by atoms with Crippen LogP contribution in [0, 0.1) is 0 Å². The zero-order chi connectivity index (χ0) is 24.6. The van der Waals surface area contributed by atoms with E-state index < -0.39 is 10.0 Å². The number of benzene rings is 1. The van der Waals surface area contributed by atoms with Gasteiger partial charge in [0, 0.05) is 28.4 Å². The van der Waals surface area contributed by atoms with Crippen LogP contribution >= 0.6 is 0 Å². The molecule has 0 aliphatic rings. The largest absolute Gasteiger partial charge is 0.294 e. The molecule has 2 N–H and O–H groups in total. The summed E-state index contributed by atoms with van der Waals surface area (Å²) < 4.78 is 29.8. The van der Waals surface area contributed by atoms with Crippen molar-refractivity contribution in [3.63, 3.8) is 0 Å². The number of H-pyrrole nitrogens is 1. The lowest BCUT2D eigenvalue weighted by Gasteiger charge is -2.15. The first-order valence-electron chi connectivity index (χ1n) is 12.7. The number of nitrogens with zero attached hydrogens (tertiary/aromatic N) is 3. The Morgan fingerprint density at radius 2 is 1.56 bits per heavy atom. The van der Waals surface area contributed by atoms with Crippen molar-refractivity contribution in [1.82, 2.24) is 19.8 Å². The zero-order valence-corrected chi connectivity index (χ0v) is 22.0. The highest BCUT2D eigenvalue weighted by atomic mass is 32.2. The summed E-state index contributed by atoms with van der Waals surface area (Å²) in [7, 11) is -3.39. The molecule has 0 amide bonds. The van der Waals surface area contributed by atoms with E-state index >= 15 is 0 Å². The standard InChI is InChI=1S/C26H41N5O2S/c1-5-6-7-8-9-10-11-12-13-14-18-34(32,33)30-22-17-15-16-21(19-22)25-28-27-24-20-23(26(2,3)4)29-31(24)25/h15-17,19-20,29-30H,5-14,18H2,1-4H3. The topological polar surface area (TPSA) is 92.2 Å². The number of fused-ring (bicyclic) bond motifs is 1. The van der Waals surface area contributed by atoms with E-state index in [-0.39, 0.29) is 11.2 Å². The maximum absolute atomic E-state index is 12.6. The summed E-state index contributed by atoms with van der Waals surface area (Å²) in [6, 6.07) is 9.32. The average Bonchev–Trinajstić information content (AvgIpc) is 3.36. The zero-order valence-electron chi connectivity index (χ0n) is 21.2. The Labute approximate surface area is 204 Å². The summed E-state index contributed by atoms with van der Waals surface area (Å²) in [5, 5.41) is 11.9. The Balaban J connectivity index is 1.51. The summed E-state index contributed by atoms with van der Waals surface area (Å²) in [4.78, 5) is 0. The minimum absolute atomic E-state index is 0.0376. The summed E-state index contributed by atoms with van der Waals surface area (Å²) in [6.07, 6.45) is 11.8. The van der Waals surface area contributed by atoms with E-state index in [2.05, 4.69) is 47.7 Å². The lowest BCUT2D eigenvalue weighted by atomic mass is 9.93. The molecule has 0 fully saturated rings. The normalized spacial score (nSPS) is 12.5. The minimum Gasteiger partial charge on any atom is -0.294 e. The molecule has 2 heterocycles. The van der Waals surface area contributed by atoms with Crippen LogP contribution in [0.15, 0.2) is 30.3 Å². The van der Waals surface area contributed by atoms with Crippen molar-refractivity contribution in [2.24, 2.45) is 0 Å². The van der Waals surface area contributed by atoms with Crippen LogP contribution < -0.4 is 4.72 Å². The summed E-state index contributed by atoms with van der Waals surface area (Å²) in [6.45, 7) is 8.64. The molecule has 0 spiro atoms. The number of unbranched alkanes of at least 4 members (excludes halogenated alkanes) is 9. The van der Waals surface area contributed by atoms with Gasteiger partial charge in [-0.1, -0.05) is 97.6 Å². The van der Waals surface area contributed by atoms with E-state index in [4.69, 9.17) is 0 Å². The van der Waals surface area contributed by atoms with Gasteiger partial charge < -0.3 is 0 Å². The fraction of sp³-hybridized carbons (Fsp3) is 0.615. The second-order valence-electron chi connectivity index (χ2n) is 10.3. The number of anilines is 1. The third-order valence-electron chi connectivity index (χ3n) is 6.16. The van der Waals surface area contributed by atoms with Crippen LogP contribution in [-0.4, -0.2) is 34.0 Å². The molecule has 0 saturated heterocycles. The van der Waals surface area contributed by atoms with E-state index in [1.54, 1.807) is 6.07 Å². The summed E-state index contributed by atoms with van der Waals surface area (Å²) in [5.74, 6) is 0.801. The quantitative estimate of drug-likeness (QED) is 0.248. The maximum Gasteiger partial charge on any atom is 0.232 e. The first-order chi connectivity index (χ1) is 16.2. The van der Waals surface area contributed by atoms with Gasteiger partial charge in [0.2, 0.25) is 10.0 Å². The number of rotatable bonds is 14. The summed E-state index contributed by atoms with van der Waals surface area (Å²) >= 11 is 0. The Bertz CT molecular complexity index is 1140. The minimum atomic E-state index is -3.39. The van der Waals surface area contributed by atoms with Crippen molar-refractivity contribution in [3.05, 3.63) is 36.0 Å². The van der Waals surface area contributed by atoms with Gasteiger partial charge in [0.1, 0.15) is 0 Å². The third kappa shape index (κ3) is 7.58. The van der Waals surface area contributed by atoms with E-state index in [0.717, 1.165) is 29.7 Å². The van der Waals surface area contributed by atoms with Crippen LogP contribution in [-0.2, 0) is 15.4 Å². The molecular weight excluding hydrogens is 446 g/mol. The van der Waals surface area contributed by atoms with Crippen molar-refractivity contribution < 1.29 is 8.42 Å². The van der Waals surface area contributed by atoms with Gasteiger partial charge >= 0.3 is 0 Å². The molecule has 0 atom stereocenters. The molecule has 0 aliphatic carbocycles. The van der Waals surface area contributed by atoms with Crippen LogP contribution in [0.3, 0.4) is 0 Å². The van der Waals surface area contributed by atoms with Gasteiger partial charge in [-0.3, -0.25) is 9.82 Å². The van der Waals surface area contributed by atoms with Gasteiger partial charge in [-0.15, -0.1) is 10.2 Å². The molecule has 8 heteroatoms. The van der Waals surface area contributed by atoms with Crippen LogP contribution in [0.2, 0.25) is 0 Å². The third-order valence-corrected chi connectivity index (χ3v) is 7.54. The molecule has 0 aliphatic heterocycles. The fourth-order valence-corrected chi connectivity index (χ4v) is 5.26. The Morgan fingerprint density at radius 3 is 2.21 bits per heavy atom. The van der Waals surface area contributed by atoms with Crippen molar-refractivity contribution in [1.29, 1.82) is 0 Å². The number of hydrogen-bond donors (Lipinski definition) is 2. The molecule has 188 valence electrons. The molecule has 0 bridgehead atoms. The van der Waals surface area contributed by atoms with E-state index in [1.165, 1.54) is 44.9 Å². The van der Waals surface area contributed by atoms with E-state index in [1.807, 2.05) is 28.8 Å². The Hall–Kier alpha value is -2.35. The number of sulfonamides is 1. The van der Waals surface area contributed by atoms with Crippen LogP contribution in [0.4, 0.5) is 5.69 Å². The number of hydrogen-bond acceptors (Lipinski definition) is 4. The predicted molar refractivity (Wildman–Crippen MR) is 141 cm³/mol. The molecular formula is C26H41N5O2S.